The second kappa shape index (κ2) is 9.73. The maximum absolute atomic E-state index is 5.95. The summed E-state index contributed by atoms with van der Waals surface area (Å²) < 4.78 is 11.5. The van der Waals surface area contributed by atoms with Crippen LogP contribution in [0.1, 0.15) is 65.2 Å². The Morgan fingerprint density at radius 3 is 2.42 bits per heavy atom. The normalized spacial score (nSPS) is 20.4. The highest BCUT2D eigenvalue weighted by atomic mass is 16.5. The first kappa shape index (κ1) is 16.9. The van der Waals surface area contributed by atoms with Crippen LogP contribution < -0.4 is 5.32 Å². The summed E-state index contributed by atoms with van der Waals surface area (Å²) in [6, 6.07) is 0.484. The average molecular weight is 271 g/mol. The van der Waals surface area contributed by atoms with E-state index in [-0.39, 0.29) is 5.60 Å². The van der Waals surface area contributed by atoms with Gasteiger partial charge < -0.3 is 14.8 Å². The van der Waals surface area contributed by atoms with Crippen molar-refractivity contribution in [3.8, 4) is 0 Å². The van der Waals surface area contributed by atoms with Crippen molar-refractivity contribution in [2.75, 3.05) is 26.9 Å². The third kappa shape index (κ3) is 5.41. The highest BCUT2D eigenvalue weighted by Crippen LogP contribution is 2.31. The zero-order valence-electron chi connectivity index (χ0n) is 13.2. The van der Waals surface area contributed by atoms with Crippen molar-refractivity contribution in [1.82, 2.24) is 5.32 Å². The molecule has 114 valence electrons. The zero-order chi connectivity index (χ0) is 14.0. The largest absolute Gasteiger partial charge is 0.381 e. The predicted molar refractivity (Wildman–Crippen MR) is 80.6 cm³/mol. The molecule has 3 nitrogen and oxygen atoms in total. The fourth-order valence-electron chi connectivity index (χ4n) is 3.06. The van der Waals surface area contributed by atoms with E-state index in [0.29, 0.717) is 6.04 Å². The van der Waals surface area contributed by atoms with Crippen molar-refractivity contribution in [3.05, 3.63) is 0 Å². The van der Waals surface area contributed by atoms with Gasteiger partial charge in [-0.15, -0.1) is 0 Å². The molecule has 0 saturated carbocycles. The van der Waals surface area contributed by atoms with E-state index in [1.807, 2.05) is 7.11 Å². The lowest BCUT2D eigenvalue weighted by Gasteiger charge is -2.43. The fraction of sp³-hybridized carbons (Fsp3) is 1.00. The monoisotopic (exact) mass is 271 g/mol. The van der Waals surface area contributed by atoms with Crippen molar-refractivity contribution >= 4 is 0 Å². The molecule has 1 N–H and O–H groups in total. The summed E-state index contributed by atoms with van der Waals surface area (Å²) in [6.45, 7) is 7.26. The van der Waals surface area contributed by atoms with Crippen LogP contribution in [0, 0.1) is 0 Å². The van der Waals surface area contributed by atoms with Gasteiger partial charge in [0.2, 0.25) is 0 Å². The molecule has 0 spiro atoms. The van der Waals surface area contributed by atoms with Gasteiger partial charge in [0, 0.05) is 39.2 Å². The molecule has 19 heavy (non-hydrogen) atoms. The van der Waals surface area contributed by atoms with Crippen LogP contribution in [0.5, 0.6) is 0 Å². The van der Waals surface area contributed by atoms with Crippen molar-refractivity contribution < 1.29 is 9.47 Å². The lowest BCUT2D eigenvalue weighted by atomic mass is 9.83. The number of unbranched alkanes of at least 4 members (excludes halogenated alkanes) is 3. The Morgan fingerprint density at radius 1 is 1.11 bits per heavy atom. The quantitative estimate of drug-likeness (QED) is 0.617. The summed E-state index contributed by atoms with van der Waals surface area (Å²) in [5.41, 5.74) is -0.000362. The van der Waals surface area contributed by atoms with Crippen LogP contribution in [0.15, 0.2) is 0 Å². The van der Waals surface area contributed by atoms with Gasteiger partial charge in [-0.3, -0.25) is 0 Å². The van der Waals surface area contributed by atoms with Crippen molar-refractivity contribution in [2.45, 2.75) is 76.9 Å². The Balaban J connectivity index is 2.53. The molecule has 0 radical (unpaired) electrons. The number of hydrogen-bond acceptors (Lipinski definition) is 3. The molecule has 0 aromatic carbocycles. The molecule has 0 amide bonds. The Kier molecular flexibility index (Phi) is 8.67. The molecular weight excluding hydrogens is 238 g/mol. The minimum atomic E-state index is -0.000362. The van der Waals surface area contributed by atoms with E-state index < -0.39 is 0 Å². The minimum Gasteiger partial charge on any atom is -0.381 e. The van der Waals surface area contributed by atoms with Gasteiger partial charge in [0.25, 0.3) is 0 Å². The van der Waals surface area contributed by atoms with Crippen LogP contribution in [0.4, 0.5) is 0 Å². The molecule has 1 rings (SSSR count). The summed E-state index contributed by atoms with van der Waals surface area (Å²) in [6.07, 6.45) is 9.77. The van der Waals surface area contributed by atoms with E-state index in [0.717, 1.165) is 32.6 Å². The van der Waals surface area contributed by atoms with Crippen LogP contribution in [0.3, 0.4) is 0 Å². The molecule has 1 atom stereocenters. The van der Waals surface area contributed by atoms with Gasteiger partial charge in [0.15, 0.2) is 0 Å². The van der Waals surface area contributed by atoms with E-state index in [9.17, 15) is 0 Å². The number of nitrogens with one attached hydrogen (secondary N) is 1. The fourth-order valence-corrected chi connectivity index (χ4v) is 3.06. The molecule has 0 bridgehead atoms. The maximum Gasteiger partial charge on any atom is 0.0874 e. The van der Waals surface area contributed by atoms with Gasteiger partial charge in [-0.2, -0.15) is 0 Å². The van der Waals surface area contributed by atoms with Crippen LogP contribution in [-0.2, 0) is 9.47 Å². The lowest BCUT2D eigenvalue weighted by molar-refractivity contribution is -0.112. The van der Waals surface area contributed by atoms with E-state index in [1.165, 1.54) is 38.5 Å². The number of rotatable bonds is 10. The summed E-state index contributed by atoms with van der Waals surface area (Å²) in [5, 5.41) is 3.73. The van der Waals surface area contributed by atoms with Gasteiger partial charge in [0.05, 0.1) is 5.60 Å². The SMILES string of the molecule is CCCCCCC(NCCC)C1(OC)CCOCC1. The summed E-state index contributed by atoms with van der Waals surface area (Å²) in [4.78, 5) is 0. The summed E-state index contributed by atoms with van der Waals surface area (Å²) in [7, 11) is 1.87. The highest BCUT2D eigenvalue weighted by molar-refractivity contribution is 4.94. The van der Waals surface area contributed by atoms with Gasteiger partial charge in [0.1, 0.15) is 0 Å². The number of ether oxygens (including phenoxy) is 2. The first-order valence-electron chi connectivity index (χ1n) is 8.15. The summed E-state index contributed by atoms with van der Waals surface area (Å²) >= 11 is 0. The minimum absolute atomic E-state index is 0.000362. The van der Waals surface area contributed by atoms with E-state index in [1.54, 1.807) is 0 Å². The van der Waals surface area contributed by atoms with Gasteiger partial charge in [-0.1, -0.05) is 39.5 Å². The van der Waals surface area contributed by atoms with E-state index in [4.69, 9.17) is 9.47 Å². The average Bonchev–Trinajstić information content (AvgIpc) is 2.47. The predicted octanol–water partition coefficient (Wildman–Crippen LogP) is 3.52. The number of methoxy groups -OCH3 is 1. The van der Waals surface area contributed by atoms with Crippen LogP contribution in [0.2, 0.25) is 0 Å². The molecule has 1 unspecified atom stereocenters. The van der Waals surface area contributed by atoms with Crippen LogP contribution in [0.25, 0.3) is 0 Å². The molecule has 1 saturated heterocycles. The smallest absolute Gasteiger partial charge is 0.0874 e. The van der Waals surface area contributed by atoms with Crippen LogP contribution in [-0.4, -0.2) is 38.5 Å². The molecule has 0 aliphatic carbocycles. The molecule has 0 aromatic heterocycles. The Labute approximate surface area is 119 Å². The van der Waals surface area contributed by atoms with Crippen molar-refractivity contribution in [2.24, 2.45) is 0 Å². The van der Waals surface area contributed by atoms with Crippen LogP contribution >= 0.6 is 0 Å². The van der Waals surface area contributed by atoms with Gasteiger partial charge >= 0.3 is 0 Å². The Hall–Kier alpha value is -0.120. The van der Waals surface area contributed by atoms with Crippen molar-refractivity contribution in [3.63, 3.8) is 0 Å². The molecule has 1 aliphatic heterocycles. The molecule has 0 aromatic rings. The second-order valence-corrected chi connectivity index (χ2v) is 5.74. The van der Waals surface area contributed by atoms with Crippen molar-refractivity contribution in [1.29, 1.82) is 0 Å². The highest BCUT2D eigenvalue weighted by Gasteiger charge is 2.39. The maximum atomic E-state index is 5.95. The first-order valence-corrected chi connectivity index (χ1v) is 8.15. The molecule has 1 fully saturated rings. The zero-order valence-corrected chi connectivity index (χ0v) is 13.2. The third-order valence-corrected chi connectivity index (χ3v) is 4.37. The van der Waals surface area contributed by atoms with E-state index in [2.05, 4.69) is 19.2 Å². The third-order valence-electron chi connectivity index (χ3n) is 4.37. The standard InChI is InChI=1S/C16H33NO2/c1-4-6-7-8-9-15(17-12-5-2)16(18-3)10-13-19-14-11-16/h15,17H,4-14H2,1-3H3. The Bertz CT molecular complexity index is 215. The first-order chi connectivity index (χ1) is 9.29. The second-order valence-electron chi connectivity index (χ2n) is 5.74. The number of hydrogen-bond donors (Lipinski definition) is 1. The van der Waals surface area contributed by atoms with Gasteiger partial charge in [-0.05, 0) is 19.4 Å². The molecule has 1 aliphatic rings. The Morgan fingerprint density at radius 2 is 1.84 bits per heavy atom. The lowest BCUT2D eigenvalue weighted by Crippen LogP contribution is -2.55. The molecule has 3 heteroatoms. The topological polar surface area (TPSA) is 30.5 Å². The summed E-state index contributed by atoms with van der Waals surface area (Å²) in [5.74, 6) is 0. The van der Waals surface area contributed by atoms with Gasteiger partial charge in [-0.25, -0.2) is 0 Å². The molecule has 1 heterocycles. The molecular formula is C16H33NO2. The van der Waals surface area contributed by atoms with E-state index >= 15 is 0 Å².